The summed E-state index contributed by atoms with van der Waals surface area (Å²) >= 11 is 5.69. The molecule has 0 heterocycles. The van der Waals surface area contributed by atoms with E-state index in [1.165, 1.54) is 18.2 Å². The van der Waals surface area contributed by atoms with Gasteiger partial charge in [0.1, 0.15) is 5.82 Å². The highest BCUT2D eigenvalue weighted by atomic mass is 35.5. The molecule has 0 spiro atoms. The SMILES string of the molecule is CCOc1ccc(CC(=O)OCC(=O)NCc2ccc(F)c(Cl)c2)cc1OCC. The highest BCUT2D eigenvalue weighted by Gasteiger charge is 2.12. The lowest BCUT2D eigenvalue weighted by molar-refractivity contribution is -0.147. The van der Waals surface area contributed by atoms with Gasteiger partial charge in [-0.2, -0.15) is 0 Å². The van der Waals surface area contributed by atoms with Gasteiger partial charge in [0.25, 0.3) is 5.91 Å². The van der Waals surface area contributed by atoms with Crippen LogP contribution in [0, 0.1) is 5.82 Å². The number of esters is 1. The molecule has 1 N–H and O–H groups in total. The van der Waals surface area contributed by atoms with E-state index < -0.39 is 24.3 Å². The van der Waals surface area contributed by atoms with Crippen molar-refractivity contribution in [2.75, 3.05) is 19.8 Å². The first kappa shape index (κ1) is 22.5. The monoisotopic (exact) mass is 423 g/mol. The van der Waals surface area contributed by atoms with E-state index in [9.17, 15) is 14.0 Å². The van der Waals surface area contributed by atoms with Crippen LogP contribution in [0.15, 0.2) is 36.4 Å². The number of carbonyl (C=O) groups is 2. The van der Waals surface area contributed by atoms with Crippen LogP contribution in [0.5, 0.6) is 11.5 Å². The molecule has 0 radical (unpaired) electrons. The summed E-state index contributed by atoms with van der Waals surface area (Å²) in [6, 6.07) is 9.34. The third kappa shape index (κ3) is 7.27. The van der Waals surface area contributed by atoms with Crippen molar-refractivity contribution in [2.24, 2.45) is 0 Å². The standard InChI is InChI=1S/C21H23ClFNO5/c1-3-27-18-8-6-14(10-19(18)28-4-2)11-21(26)29-13-20(25)24-12-15-5-7-17(23)16(22)9-15/h5-10H,3-4,11-13H2,1-2H3,(H,24,25). The minimum atomic E-state index is -0.545. The summed E-state index contributed by atoms with van der Waals surface area (Å²) in [6.45, 7) is 4.43. The van der Waals surface area contributed by atoms with Crippen molar-refractivity contribution in [1.82, 2.24) is 5.32 Å². The Labute approximate surface area is 173 Å². The molecule has 0 bridgehead atoms. The summed E-state index contributed by atoms with van der Waals surface area (Å²) in [7, 11) is 0. The highest BCUT2D eigenvalue weighted by molar-refractivity contribution is 6.30. The zero-order valence-corrected chi connectivity index (χ0v) is 17.1. The lowest BCUT2D eigenvalue weighted by atomic mass is 10.1. The summed E-state index contributed by atoms with van der Waals surface area (Å²) < 4.78 is 29.1. The number of hydrogen-bond acceptors (Lipinski definition) is 5. The smallest absolute Gasteiger partial charge is 0.310 e. The van der Waals surface area contributed by atoms with Gasteiger partial charge in [0.15, 0.2) is 18.1 Å². The number of benzene rings is 2. The van der Waals surface area contributed by atoms with Gasteiger partial charge in [-0.1, -0.05) is 23.7 Å². The zero-order chi connectivity index (χ0) is 21.2. The van der Waals surface area contributed by atoms with E-state index in [-0.39, 0.29) is 18.0 Å². The Hall–Kier alpha value is -2.80. The second-order valence-electron chi connectivity index (χ2n) is 6.01. The number of ether oxygens (including phenoxy) is 3. The van der Waals surface area contributed by atoms with Gasteiger partial charge in [0, 0.05) is 6.54 Å². The Balaban J connectivity index is 1.81. The first-order valence-electron chi connectivity index (χ1n) is 9.17. The molecule has 1 amide bonds. The van der Waals surface area contributed by atoms with Crippen LogP contribution >= 0.6 is 11.6 Å². The van der Waals surface area contributed by atoms with Gasteiger partial charge in [-0.05, 0) is 49.2 Å². The lowest BCUT2D eigenvalue weighted by Gasteiger charge is -2.12. The molecular weight excluding hydrogens is 401 g/mol. The number of nitrogens with one attached hydrogen (secondary N) is 1. The van der Waals surface area contributed by atoms with Crippen molar-refractivity contribution in [3.8, 4) is 11.5 Å². The minimum Gasteiger partial charge on any atom is -0.490 e. The quantitative estimate of drug-likeness (QED) is 0.590. The average Bonchev–Trinajstić information content (AvgIpc) is 2.69. The molecule has 0 fully saturated rings. The second kappa shape index (κ2) is 11.3. The Kier molecular flexibility index (Phi) is 8.73. The Bertz CT molecular complexity index is 859. The topological polar surface area (TPSA) is 73.9 Å². The van der Waals surface area contributed by atoms with Crippen LogP contribution in [0.1, 0.15) is 25.0 Å². The van der Waals surface area contributed by atoms with E-state index in [2.05, 4.69) is 5.32 Å². The molecule has 0 atom stereocenters. The maximum absolute atomic E-state index is 13.1. The lowest BCUT2D eigenvalue weighted by Crippen LogP contribution is -2.28. The van der Waals surface area contributed by atoms with Gasteiger partial charge in [0.2, 0.25) is 0 Å². The summed E-state index contributed by atoms with van der Waals surface area (Å²) in [5.74, 6) is -0.392. The molecule has 0 unspecified atom stereocenters. The zero-order valence-electron chi connectivity index (χ0n) is 16.3. The van der Waals surface area contributed by atoms with E-state index in [1.54, 1.807) is 18.2 Å². The molecule has 2 aromatic rings. The second-order valence-corrected chi connectivity index (χ2v) is 6.42. The normalized spacial score (nSPS) is 10.3. The van der Waals surface area contributed by atoms with Gasteiger partial charge in [0.05, 0.1) is 24.7 Å². The summed E-state index contributed by atoms with van der Waals surface area (Å²) in [6.07, 6.45) is -0.00662. The summed E-state index contributed by atoms with van der Waals surface area (Å²) in [4.78, 5) is 23.9. The molecule has 2 aromatic carbocycles. The molecule has 0 aliphatic heterocycles. The molecule has 29 heavy (non-hydrogen) atoms. The van der Waals surface area contributed by atoms with Gasteiger partial charge < -0.3 is 19.5 Å². The molecule has 0 aromatic heterocycles. The van der Waals surface area contributed by atoms with Crippen LogP contribution in [-0.2, 0) is 27.3 Å². The van der Waals surface area contributed by atoms with Crippen molar-refractivity contribution in [1.29, 1.82) is 0 Å². The molecule has 6 nitrogen and oxygen atoms in total. The summed E-state index contributed by atoms with van der Waals surface area (Å²) in [5.41, 5.74) is 1.32. The Morgan fingerprint density at radius 2 is 1.69 bits per heavy atom. The van der Waals surface area contributed by atoms with E-state index >= 15 is 0 Å². The maximum atomic E-state index is 13.1. The van der Waals surface area contributed by atoms with Crippen LogP contribution in [-0.4, -0.2) is 31.7 Å². The minimum absolute atomic E-state index is 0.00662. The van der Waals surface area contributed by atoms with Crippen molar-refractivity contribution < 1.29 is 28.2 Å². The van der Waals surface area contributed by atoms with E-state index in [0.29, 0.717) is 35.8 Å². The predicted molar refractivity (Wildman–Crippen MR) is 107 cm³/mol. The third-order valence-corrected chi connectivity index (χ3v) is 4.08. The van der Waals surface area contributed by atoms with Gasteiger partial charge in [-0.3, -0.25) is 9.59 Å². The van der Waals surface area contributed by atoms with E-state index in [1.807, 2.05) is 13.8 Å². The molecule has 0 saturated carbocycles. The van der Waals surface area contributed by atoms with Crippen molar-refractivity contribution in [3.63, 3.8) is 0 Å². The van der Waals surface area contributed by atoms with Gasteiger partial charge >= 0.3 is 5.97 Å². The van der Waals surface area contributed by atoms with Crippen LogP contribution in [0.3, 0.4) is 0 Å². The highest BCUT2D eigenvalue weighted by Crippen LogP contribution is 2.28. The maximum Gasteiger partial charge on any atom is 0.310 e. The number of hydrogen-bond donors (Lipinski definition) is 1. The molecule has 0 aliphatic rings. The third-order valence-electron chi connectivity index (χ3n) is 3.79. The number of rotatable bonds is 10. The van der Waals surface area contributed by atoms with Gasteiger partial charge in [-0.25, -0.2) is 4.39 Å². The van der Waals surface area contributed by atoms with Gasteiger partial charge in [-0.15, -0.1) is 0 Å². The molecule has 8 heteroatoms. The molecule has 0 aliphatic carbocycles. The largest absolute Gasteiger partial charge is 0.490 e. The Morgan fingerprint density at radius 1 is 1.00 bits per heavy atom. The number of carbonyl (C=O) groups excluding carboxylic acids is 2. The van der Waals surface area contributed by atoms with Crippen LogP contribution in [0.25, 0.3) is 0 Å². The predicted octanol–water partition coefficient (Wildman–Crippen LogP) is 3.68. The van der Waals surface area contributed by atoms with E-state index in [4.69, 9.17) is 25.8 Å². The van der Waals surface area contributed by atoms with Crippen molar-refractivity contribution in [2.45, 2.75) is 26.8 Å². The average molecular weight is 424 g/mol. The fraction of sp³-hybridized carbons (Fsp3) is 0.333. The fourth-order valence-corrected chi connectivity index (χ4v) is 2.67. The van der Waals surface area contributed by atoms with Crippen molar-refractivity contribution >= 4 is 23.5 Å². The van der Waals surface area contributed by atoms with Crippen LogP contribution in [0.2, 0.25) is 5.02 Å². The van der Waals surface area contributed by atoms with E-state index in [0.717, 1.165) is 0 Å². The number of amides is 1. The molecule has 2 rings (SSSR count). The first-order valence-corrected chi connectivity index (χ1v) is 9.55. The van der Waals surface area contributed by atoms with Crippen molar-refractivity contribution in [3.05, 3.63) is 58.4 Å². The first-order chi connectivity index (χ1) is 13.9. The Morgan fingerprint density at radius 3 is 2.38 bits per heavy atom. The molecule has 156 valence electrons. The molecule has 0 saturated heterocycles. The number of halogens is 2. The molecular formula is C21H23ClFNO5. The summed E-state index contributed by atoms with van der Waals surface area (Å²) in [5, 5.41) is 2.56. The fourth-order valence-electron chi connectivity index (χ4n) is 2.47. The van der Waals surface area contributed by atoms with Crippen LogP contribution < -0.4 is 14.8 Å². The van der Waals surface area contributed by atoms with Crippen LogP contribution in [0.4, 0.5) is 4.39 Å².